The van der Waals surface area contributed by atoms with E-state index in [1.165, 1.54) is 12.8 Å². The fourth-order valence-electron chi connectivity index (χ4n) is 1.60. The van der Waals surface area contributed by atoms with Crippen molar-refractivity contribution < 1.29 is 5.11 Å². The Morgan fingerprint density at radius 1 is 1.42 bits per heavy atom. The van der Waals surface area contributed by atoms with Crippen LogP contribution in [0.4, 0.5) is 0 Å². The maximum absolute atomic E-state index is 10.2. The molecule has 0 amide bonds. The third-order valence-electron chi connectivity index (χ3n) is 3.51. The van der Waals surface area contributed by atoms with Gasteiger partial charge in [-0.25, -0.2) is 0 Å². The molecule has 1 N–H and O–H groups in total. The summed E-state index contributed by atoms with van der Waals surface area (Å²) in [6.07, 6.45) is 4.51. The van der Waals surface area contributed by atoms with Crippen LogP contribution in [0, 0.1) is 11.3 Å². The van der Waals surface area contributed by atoms with Crippen molar-refractivity contribution in [1.82, 2.24) is 0 Å². The molecule has 1 nitrogen and oxygen atoms in total. The van der Waals surface area contributed by atoms with Gasteiger partial charge >= 0.3 is 0 Å². The van der Waals surface area contributed by atoms with Gasteiger partial charge in [0.15, 0.2) is 0 Å². The molecule has 0 aromatic carbocycles. The molecule has 12 heavy (non-hydrogen) atoms. The van der Waals surface area contributed by atoms with Crippen molar-refractivity contribution in [2.75, 3.05) is 0 Å². The molecule has 1 aliphatic carbocycles. The maximum atomic E-state index is 10.2. The van der Waals surface area contributed by atoms with Gasteiger partial charge in [-0.15, -0.1) is 0 Å². The summed E-state index contributed by atoms with van der Waals surface area (Å²) in [6, 6.07) is 0. The minimum Gasteiger partial charge on any atom is -0.390 e. The summed E-state index contributed by atoms with van der Waals surface area (Å²) in [5, 5.41) is 10.2. The zero-order valence-corrected chi connectivity index (χ0v) is 8.85. The smallest absolute Gasteiger partial charge is 0.0673 e. The predicted octanol–water partition coefficient (Wildman–Crippen LogP) is 2.97. The van der Waals surface area contributed by atoms with E-state index < -0.39 is 5.60 Å². The molecule has 1 heteroatoms. The molecule has 1 fully saturated rings. The minimum absolute atomic E-state index is 0.238. The quantitative estimate of drug-likeness (QED) is 0.687. The van der Waals surface area contributed by atoms with Crippen molar-refractivity contribution in [1.29, 1.82) is 0 Å². The largest absolute Gasteiger partial charge is 0.390 e. The summed E-state index contributed by atoms with van der Waals surface area (Å²) in [4.78, 5) is 0. The summed E-state index contributed by atoms with van der Waals surface area (Å²) in [5.41, 5.74) is -0.181. The number of aliphatic hydroxyl groups is 1. The van der Waals surface area contributed by atoms with Crippen LogP contribution in [0.25, 0.3) is 0 Å². The van der Waals surface area contributed by atoms with E-state index in [9.17, 15) is 5.11 Å². The Hall–Kier alpha value is -0.0400. The van der Waals surface area contributed by atoms with Crippen LogP contribution >= 0.6 is 0 Å². The van der Waals surface area contributed by atoms with E-state index >= 15 is 0 Å². The minimum atomic E-state index is -0.419. The molecule has 0 saturated heterocycles. The molecule has 72 valence electrons. The molecular formula is C11H22O. The lowest BCUT2D eigenvalue weighted by molar-refractivity contribution is -0.0193. The Morgan fingerprint density at radius 3 is 2.25 bits per heavy atom. The molecule has 0 aromatic heterocycles. The Balaban J connectivity index is 2.38. The molecule has 0 radical (unpaired) electrons. The predicted molar refractivity (Wildman–Crippen MR) is 52.0 cm³/mol. The van der Waals surface area contributed by atoms with Crippen molar-refractivity contribution in [3.05, 3.63) is 0 Å². The van der Waals surface area contributed by atoms with E-state index in [1.54, 1.807) is 0 Å². The van der Waals surface area contributed by atoms with Gasteiger partial charge in [-0.1, -0.05) is 20.8 Å². The molecule has 1 rings (SSSR count). The van der Waals surface area contributed by atoms with Crippen molar-refractivity contribution in [3.63, 3.8) is 0 Å². The number of hydrogen-bond acceptors (Lipinski definition) is 1. The molecule has 0 aliphatic heterocycles. The summed E-state index contributed by atoms with van der Waals surface area (Å²) >= 11 is 0. The van der Waals surface area contributed by atoms with E-state index in [4.69, 9.17) is 0 Å². The first-order valence-corrected chi connectivity index (χ1v) is 5.10. The normalized spacial score (nSPS) is 25.5. The monoisotopic (exact) mass is 170 g/mol. The van der Waals surface area contributed by atoms with Gasteiger partial charge in [0.25, 0.3) is 0 Å². The van der Waals surface area contributed by atoms with Gasteiger partial charge in [0, 0.05) is 0 Å². The average Bonchev–Trinajstić information content (AvgIpc) is 2.65. The summed E-state index contributed by atoms with van der Waals surface area (Å²) in [6.45, 7) is 8.63. The van der Waals surface area contributed by atoms with Crippen LogP contribution in [0.15, 0.2) is 0 Å². The zero-order valence-electron chi connectivity index (χ0n) is 8.85. The second kappa shape index (κ2) is 3.02. The molecule has 0 spiro atoms. The average molecular weight is 170 g/mol. The number of rotatable bonds is 4. The molecule has 0 bridgehead atoms. The fourth-order valence-corrected chi connectivity index (χ4v) is 1.60. The highest BCUT2D eigenvalue weighted by Gasteiger charge is 2.51. The van der Waals surface area contributed by atoms with Gasteiger partial charge in [0.2, 0.25) is 0 Å². The van der Waals surface area contributed by atoms with Crippen LogP contribution in [0.5, 0.6) is 0 Å². The summed E-state index contributed by atoms with van der Waals surface area (Å²) < 4.78 is 0. The van der Waals surface area contributed by atoms with E-state index in [2.05, 4.69) is 20.8 Å². The lowest BCUT2D eigenvalue weighted by atomic mass is 9.82. The van der Waals surface area contributed by atoms with Gasteiger partial charge < -0.3 is 5.11 Å². The van der Waals surface area contributed by atoms with Crippen LogP contribution in [0.3, 0.4) is 0 Å². The summed E-state index contributed by atoms with van der Waals surface area (Å²) in [5.74, 6) is 0.707. The van der Waals surface area contributed by atoms with Gasteiger partial charge in [0.1, 0.15) is 0 Å². The topological polar surface area (TPSA) is 20.2 Å². The second-order valence-electron chi connectivity index (χ2n) is 5.27. The van der Waals surface area contributed by atoms with Gasteiger partial charge in [-0.3, -0.25) is 0 Å². The first-order chi connectivity index (χ1) is 5.37. The number of hydrogen-bond donors (Lipinski definition) is 1. The Kier molecular flexibility index (Phi) is 2.53. The Morgan fingerprint density at radius 2 is 1.92 bits per heavy atom. The Labute approximate surface area is 76.2 Å². The molecule has 1 unspecified atom stereocenters. The first-order valence-electron chi connectivity index (χ1n) is 5.10. The van der Waals surface area contributed by atoms with Crippen molar-refractivity contribution in [3.8, 4) is 0 Å². The van der Waals surface area contributed by atoms with Crippen LogP contribution in [-0.2, 0) is 0 Å². The third-order valence-corrected chi connectivity index (χ3v) is 3.51. The maximum Gasteiger partial charge on any atom is 0.0673 e. The highest BCUT2D eigenvalue weighted by atomic mass is 16.3. The first kappa shape index (κ1) is 10.0. The van der Waals surface area contributed by atoms with Crippen molar-refractivity contribution in [2.24, 2.45) is 11.3 Å². The van der Waals surface area contributed by atoms with Crippen LogP contribution in [-0.4, -0.2) is 10.7 Å². The molecule has 0 heterocycles. The van der Waals surface area contributed by atoms with Crippen LogP contribution < -0.4 is 0 Å². The van der Waals surface area contributed by atoms with Gasteiger partial charge in [0.05, 0.1) is 5.60 Å². The highest BCUT2D eigenvalue weighted by Crippen LogP contribution is 2.55. The highest BCUT2D eigenvalue weighted by molar-refractivity contribution is 5.02. The fraction of sp³-hybridized carbons (Fsp3) is 1.00. The molecule has 0 aromatic rings. The second-order valence-corrected chi connectivity index (χ2v) is 5.27. The Bertz CT molecular complexity index is 154. The van der Waals surface area contributed by atoms with Gasteiger partial charge in [-0.2, -0.15) is 0 Å². The molecule has 1 aliphatic rings. The van der Waals surface area contributed by atoms with Crippen molar-refractivity contribution >= 4 is 0 Å². The standard InChI is InChI=1S/C11H22O/c1-9(2)5-6-11(4,12)10(3)7-8-10/h9,12H,5-8H2,1-4H3. The van der Waals surface area contributed by atoms with E-state index in [0.717, 1.165) is 12.8 Å². The molecular weight excluding hydrogens is 148 g/mol. The van der Waals surface area contributed by atoms with E-state index in [1.807, 2.05) is 6.92 Å². The molecule has 1 atom stereocenters. The SMILES string of the molecule is CC(C)CCC(C)(O)C1(C)CC1. The van der Waals surface area contributed by atoms with Crippen molar-refractivity contribution in [2.45, 2.75) is 59.0 Å². The molecule has 1 saturated carbocycles. The lowest BCUT2D eigenvalue weighted by Gasteiger charge is -2.31. The third kappa shape index (κ3) is 2.01. The van der Waals surface area contributed by atoms with Crippen LogP contribution in [0.2, 0.25) is 0 Å². The lowest BCUT2D eigenvalue weighted by Crippen LogP contribution is -2.34. The van der Waals surface area contributed by atoms with Crippen LogP contribution in [0.1, 0.15) is 53.4 Å². The van der Waals surface area contributed by atoms with E-state index in [0.29, 0.717) is 5.92 Å². The van der Waals surface area contributed by atoms with Gasteiger partial charge in [-0.05, 0) is 43.9 Å². The summed E-state index contributed by atoms with van der Waals surface area (Å²) in [7, 11) is 0. The zero-order chi connectivity index (χ0) is 9.41. The van der Waals surface area contributed by atoms with E-state index in [-0.39, 0.29) is 5.41 Å².